The summed E-state index contributed by atoms with van der Waals surface area (Å²) in [6, 6.07) is 13.0. The lowest BCUT2D eigenvalue weighted by Gasteiger charge is -2.12. The summed E-state index contributed by atoms with van der Waals surface area (Å²) >= 11 is 0. The molecule has 4 aromatic rings. The SMILES string of the molecule is CCCc1ccc(OC)c(C(=O)Nc2cc(-c3nnc(-c4ccco4)o3)ccc2F)c1. The van der Waals surface area contributed by atoms with Crippen LogP contribution in [0.5, 0.6) is 5.75 Å². The summed E-state index contributed by atoms with van der Waals surface area (Å²) in [5.74, 6) is 0.137. The van der Waals surface area contributed by atoms with Crippen LogP contribution < -0.4 is 10.1 Å². The minimum atomic E-state index is -0.591. The molecule has 1 amide bonds. The first-order chi connectivity index (χ1) is 15.1. The van der Waals surface area contributed by atoms with Crippen molar-refractivity contribution in [2.24, 2.45) is 0 Å². The number of ether oxygens (including phenoxy) is 1. The Kier molecular flexibility index (Phi) is 5.79. The highest BCUT2D eigenvalue weighted by Crippen LogP contribution is 2.28. The van der Waals surface area contributed by atoms with Crippen molar-refractivity contribution < 1.29 is 22.8 Å². The van der Waals surface area contributed by atoms with Crippen molar-refractivity contribution >= 4 is 11.6 Å². The molecule has 0 aliphatic heterocycles. The minimum Gasteiger partial charge on any atom is -0.496 e. The Morgan fingerprint density at radius 2 is 1.97 bits per heavy atom. The number of aryl methyl sites for hydroxylation is 1. The topological polar surface area (TPSA) is 90.4 Å². The number of anilines is 1. The van der Waals surface area contributed by atoms with Crippen molar-refractivity contribution in [3.8, 4) is 28.9 Å². The van der Waals surface area contributed by atoms with Gasteiger partial charge in [-0.2, -0.15) is 0 Å². The third-order valence-corrected chi connectivity index (χ3v) is 4.67. The molecule has 2 aromatic heterocycles. The molecule has 4 rings (SSSR count). The largest absolute Gasteiger partial charge is 0.496 e. The molecule has 1 N–H and O–H groups in total. The summed E-state index contributed by atoms with van der Waals surface area (Å²) in [5.41, 5.74) is 1.77. The zero-order chi connectivity index (χ0) is 21.8. The zero-order valence-electron chi connectivity index (χ0n) is 17.0. The predicted octanol–water partition coefficient (Wildman–Crippen LogP) is 5.35. The summed E-state index contributed by atoms with van der Waals surface area (Å²) in [7, 11) is 1.49. The van der Waals surface area contributed by atoms with Gasteiger partial charge in [-0.3, -0.25) is 4.79 Å². The molecular weight excluding hydrogens is 401 g/mol. The monoisotopic (exact) mass is 421 g/mol. The molecule has 7 nitrogen and oxygen atoms in total. The van der Waals surface area contributed by atoms with E-state index in [0.29, 0.717) is 22.6 Å². The maximum absolute atomic E-state index is 14.4. The van der Waals surface area contributed by atoms with Gasteiger partial charge in [0.2, 0.25) is 5.89 Å². The summed E-state index contributed by atoms with van der Waals surface area (Å²) in [6.07, 6.45) is 3.26. The third-order valence-electron chi connectivity index (χ3n) is 4.67. The molecule has 0 saturated carbocycles. The summed E-state index contributed by atoms with van der Waals surface area (Å²) in [6.45, 7) is 2.06. The van der Waals surface area contributed by atoms with Gasteiger partial charge in [-0.1, -0.05) is 19.4 Å². The van der Waals surface area contributed by atoms with Gasteiger partial charge in [0.25, 0.3) is 11.8 Å². The molecule has 0 saturated heterocycles. The Hall–Kier alpha value is -3.94. The van der Waals surface area contributed by atoms with Crippen molar-refractivity contribution in [1.82, 2.24) is 10.2 Å². The molecule has 0 fully saturated rings. The second kappa shape index (κ2) is 8.83. The highest BCUT2D eigenvalue weighted by atomic mass is 19.1. The normalized spacial score (nSPS) is 10.8. The van der Waals surface area contributed by atoms with E-state index in [9.17, 15) is 9.18 Å². The number of carbonyl (C=O) groups is 1. The number of nitrogens with zero attached hydrogens (tertiary/aromatic N) is 2. The number of hydrogen-bond acceptors (Lipinski definition) is 6. The van der Waals surface area contributed by atoms with Crippen LogP contribution in [-0.2, 0) is 6.42 Å². The van der Waals surface area contributed by atoms with Crippen molar-refractivity contribution in [3.63, 3.8) is 0 Å². The Morgan fingerprint density at radius 1 is 1.13 bits per heavy atom. The first-order valence-corrected chi connectivity index (χ1v) is 9.74. The average Bonchev–Trinajstić information content (AvgIpc) is 3.47. The van der Waals surface area contributed by atoms with Crippen LogP contribution >= 0.6 is 0 Å². The lowest BCUT2D eigenvalue weighted by molar-refractivity contribution is 0.102. The van der Waals surface area contributed by atoms with E-state index < -0.39 is 11.7 Å². The van der Waals surface area contributed by atoms with E-state index in [-0.39, 0.29) is 17.5 Å². The molecule has 0 spiro atoms. The first kappa shape index (κ1) is 20.3. The number of methoxy groups -OCH3 is 1. The van der Waals surface area contributed by atoms with Crippen LogP contribution in [0, 0.1) is 5.82 Å². The van der Waals surface area contributed by atoms with E-state index >= 15 is 0 Å². The molecule has 0 aliphatic carbocycles. The second-order valence-electron chi connectivity index (χ2n) is 6.82. The standard InChI is InChI=1S/C23H20FN3O4/c1-3-5-14-7-10-19(29-2)16(12-14)21(28)25-18-13-15(8-9-17(18)24)22-26-27-23(31-22)20-6-4-11-30-20/h4,6-13H,3,5H2,1-2H3,(H,25,28). The molecule has 2 aromatic carbocycles. The first-order valence-electron chi connectivity index (χ1n) is 9.74. The van der Waals surface area contributed by atoms with Crippen LogP contribution in [0.3, 0.4) is 0 Å². The van der Waals surface area contributed by atoms with Crippen molar-refractivity contribution in [3.05, 3.63) is 71.7 Å². The fourth-order valence-corrected chi connectivity index (χ4v) is 3.16. The van der Waals surface area contributed by atoms with Crippen molar-refractivity contribution in [2.75, 3.05) is 12.4 Å². The Labute approximate surface area is 177 Å². The molecule has 0 atom stereocenters. The number of rotatable bonds is 7. The third kappa shape index (κ3) is 4.32. The molecule has 0 radical (unpaired) electrons. The van der Waals surface area contributed by atoms with Crippen molar-refractivity contribution in [1.29, 1.82) is 0 Å². The van der Waals surface area contributed by atoms with Crippen LogP contribution in [0.15, 0.2) is 63.6 Å². The number of aromatic nitrogens is 2. The number of amides is 1. The number of hydrogen-bond donors (Lipinski definition) is 1. The molecule has 31 heavy (non-hydrogen) atoms. The Balaban J connectivity index is 1.61. The van der Waals surface area contributed by atoms with Gasteiger partial charge in [0.05, 0.1) is 24.6 Å². The van der Waals surface area contributed by atoms with E-state index in [1.54, 1.807) is 24.3 Å². The molecular formula is C23H20FN3O4. The maximum atomic E-state index is 14.4. The Bertz CT molecular complexity index is 1200. The van der Waals surface area contributed by atoms with Gasteiger partial charge in [-0.25, -0.2) is 4.39 Å². The summed E-state index contributed by atoms with van der Waals surface area (Å²) in [4.78, 5) is 12.9. The van der Waals surface area contributed by atoms with E-state index in [1.165, 1.54) is 31.6 Å². The molecule has 0 aliphatic rings. The van der Waals surface area contributed by atoms with Gasteiger partial charge < -0.3 is 18.9 Å². The summed E-state index contributed by atoms with van der Waals surface area (Å²) < 4.78 is 30.6. The van der Waals surface area contributed by atoms with Crippen LogP contribution in [0.1, 0.15) is 29.3 Å². The molecule has 2 heterocycles. The number of benzene rings is 2. The molecule has 0 bridgehead atoms. The number of halogens is 1. The van der Waals surface area contributed by atoms with E-state index in [4.69, 9.17) is 13.6 Å². The lowest BCUT2D eigenvalue weighted by Crippen LogP contribution is -2.14. The van der Waals surface area contributed by atoms with Crippen LogP contribution in [0.25, 0.3) is 23.1 Å². The quantitative estimate of drug-likeness (QED) is 0.433. The minimum absolute atomic E-state index is 0.0109. The highest BCUT2D eigenvalue weighted by molar-refractivity contribution is 6.06. The zero-order valence-corrected chi connectivity index (χ0v) is 17.0. The van der Waals surface area contributed by atoms with Crippen LogP contribution in [-0.4, -0.2) is 23.2 Å². The maximum Gasteiger partial charge on any atom is 0.283 e. The van der Waals surface area contributed by atoms with Crippen LogP contribution in [0.2, 0.25) is 0 Å². The van der Waals surface area contributed by atoms with E-state index in [2.05, 4.69) is 22.4 Å². The highest BCUT2D eigenvalue weighted by Gasteiger charge is 2.18. The van der Waals surface area contributed by atoms with Crippen molar-refractivity contribution in [2.45, 2.75) is 19.8 Å². The van der Waals surface area contributed by atoms with Crippen LogP contribution in [0.4, 0.5) is 10.1 Å². The van der Waals surface area contributed by atoms with Gasteiger partial charge in [0, 0.05) is 5.56 Å². The fourth-order valence-electron chi connectivity index (χ4n) is 3.16. The van der Waals surface area contributed by atoms with Gasteiger partial charge >= 0.3 is 0 Å². The molecule has 158 valence electrons. The lowest BCUT2D eigenvalue weighted by atomic mass is 10.0. The van der Waals surface area contributed by atoms with E-state index in [1.807, 2.05) is 6.07 Å². The fraction of sp³-hybridized carbons (Fsp3) is 0.174. The van der Waals surface area contributed by atoms with Gasteiger partial charge in [-0.05, 0) is 54.4 Å². The molecule has 0 unspecified atom stereocenters. The average molecular weight is 421 g/mol. The number of carbonyl (C=O) groups excluding carboxylic acids is 1. The second-order valence-corrected chi connectivity index (χ2v) is 6.82. The number of furan rings is 1. The Morgan fingerprint density at radius 3 is 2.71 bits per heavy atom. The van der Waals surface area contributed by atoms with Gasteiger partial charge in [0.1, 0.15) is 11.6 Å². The number of nitrogens with one attached hydrogen (secondary N) is 1. The van der Waals surface area contributed by atoms with Gasteiger partial charge in [-0.15, -0.1) is 10.2 Å². The van der Waals surface area contributed by atoms with Gasteiger partial charge in [0.15, 0.2) is 5.76 Å². The molecule has 8 heteroatoms. The predicted molar refractivity (Wildman–Crippen MR) is 112 cm³/mol. The van der Waals surface area contributed by atoms with E-state index in [0.717, 1.165) is 18.4 Å². The smallest absolute Gasteiger partial charge is 0.283 e. The summed E-state index contributed by atoms with van der Waals surface area (Å²) in [5, 5.41) is 10.5.